The number of nitrogens with two attached hydrogens (primary N) is 1. The van der Waals surface area contributed by atoms with Crippen LogP contribution in [0.4, 0.5) is 0 Å². The van der Waals surface area contributed by atoms with E-state index in [0.717, 1.165) is 25.2 Å². The van der Waals surface area contributed by atoms with Crippen molar-refractivity contribution in [3.63, 3.8) is 0 Å². The number of hydrogen-bond donors (Lipinski definition) is 2. The van der Waals surface area contributed by atoms with Crippen molar-refractivity contribution in [3.8, 4) is 0 Å². The maximum atomic E-state index is 10.4. The molecule has 0 amide bonds. The van der Waals surface area contributed by atoms with E-state index in [1.165, 1.54) is 12.8 Å². The fourth-order valence-electron chi connectivity index (χ4n) is 3.97. The van der Waals surface area contributed by atoms with E-state index in [0.29, 0.717) is 23.3 Å². The Labute approximate surface area is 116 Å². The van der Waals surface area contributed by atoms with Gasteiger partial charge >= 0.3 is 5.97 Å². The Morgan fingerprint density at radius 2 is 2.11 bits per heavy atom. The third-order valence-electron chi connectivity index (χ3n) is 5.51. The lowest BCUT2D eigenvalue weighted by Gasteiger charge is -2.61. The number of aliphatic carboxylic acids is 1. The van der Waals surface area contributed by atoms with Gasteiger partial charge in [0.15, 0.2) is 0 Å². The molecule has 3 fully saturated rings. The average molecular weight is 265 g/mol. The lowest BCUT2D eigenvalue weighted by Crippen LogP contribution is -2.61. The third kappa shape index (κ3) is 3.02. The van der Waals surface area contributed by atoms with Gasteiger partial charge in [0.25, 0.3) is 0 Å². The molecule has 3 saturated carbocycles. The van der Waals surface area contributed by atoms with Crippen molar-refractivity contribution in [2.45, 2.75) is 58.4 Å². The molecule has 3 heteroatoms. The molecular weight excluding hydrogens is 238 g/mol. The van der Waals surface area contributed by atoms with Crippen LogP contribution >= 0.6 is 0 Å². The van der Waals surface area contributed by atoms with Crippen molar-refractivity contribution in [2.24, 2.45) is 28.9 Å². The van der Waals surface area contributed by atoms with E-state index in [1.807, 2.05) is 0 Å². The van der Waals surface area contributed by atoms with Crippen molar-refractivity contribution in [3.05, 3.63) is 12.2 Å². The van der Waals surface area contributed by atoms with Crippen LogP contribution in [0.5, 0.6) is 0 Å². The summed E-state index contributed by atoms with van der Waals surface area (Å²) in [7, 11) is 0. The van der Waals surface area contributed by atoms with Crippen molar-refractivity contribution in [1.82, 2.24) is 0 Å². The molecular formula is C16H27NO2. The Bertz CT molecular complexity index is 362. The summed E-state index contributed by atoms with van der Waals surface area (Å²) in [5.74, 6) is 1.50. The van der Waals surface area contributed by atoms with Crippen LogP contribution in [-0.4, -0.2) is 17.1 Å². The Morgan fingerprint density at radius 1 is 1.37 bits per heavy atom. The van der Waals surface area contributed by atoms with Gasteiger partial charge < -0.3 is 10.8 Å². The van der Waals surface area contributed by atoms with Gasteiger partial charge in [0.2, 0.25) is 0 Å². The van der Waals surface area contributed by atoms with E-state index in [-0.39, 0.29) is 6.42 Å². The van der Waals surface area contributed by atoms with Crippen LogP contribution in [-0.2, 0) is 4.79 Å². The summed E-state index contributed by atoms with van der Waals surface area (Å²) in [5, 5.41) is 8.55. The quantitative estimate of drug-likeness (QED) is 0.572. The molecule has 0 aromatic carbocycles. The molecule has 19 heavy (non-hydrogen) atoms. The fourth-order valence-corrected chi connectivity index (χ4v) is 3.97. The summed E-state index contributed by atoms with van der Waals surface area (Å²) in [6.45, 7) is 4.73. The number of unbranched alkanes of at least 4 members (excludes halogenated alkanes) is 1. The summed E-state index contributed by atoms with van der Waals surface area (Å²) in [4.78, 5) is 10.4. The first-order chi connectivity index (χ1) is 8.93. The number of hydrogen-bond acceptors (Lipinski definition) is 2. The van der Waals surface area contributed by atoms with E-state index in [1.54, 1.807) is 0 Å². The Kier molecular flexibility index (Phi) is 4.34. The number of fused-ring (bicyclic) bond motifs is 2. The van der Waals surface area contributed by atoms with Gasteiger partial charge in [-0.3, -0.25) is 4.79 Å². The molecule has 0 aromatic rings. The second-order valence-corrected chi connectivity index (χ2v) is 6.93. The van der Waals surface area contributed by atoms with Crippen LogP contribution in [0, 0.1) is 23.2 Å². The summed E-state index contributed by atoms with van der Waals surface area (Å²) >= 11 is 0. The first-order valence-corrected chi connectivity index (χ1v) is 7.55. The van der Waals surface area contributed by atoms with Gasteiger partial charge in [-0.05, 0) is 55.3 Å². The number of allylic oxidation sites excluding steroid dienone is 2. The minimum atomic E-state index is -0.704. The smallest absolute Gasteiger partial charge is 0.303 e. The summed E-state index contributed by atoms with van der Waals surface area (Å²) in [6, 6.07) is 0.351. The van der Waals surface area contributed by atoms with Gasteiger partial charge in [0, 0.05) is 12.5 Å². The molecule has 0 radical (unpaired) electrons. The van der Waals surface area contributed by atoms with Crippen molar-refractivity contribution in [1.29, 1.82) is 0 Å². The highest BCUT2D eigenvalue weighted by Gasteiger charge is 2.56. The number of carboxylic acid groups (broad SMARTS) is 1. The van der Waals surface area contributed by atoms with E-state index in [4.69, 9.17) is 10.8 Å². The molecule has 3 aliphatic carbocycles. The molecule has 3 rings (SSSR count). The Balaban J connectivity index is 1.70. The highest BCUT2D eigenvalue weighted by molar-refractivity contribution is 5.66. The van der Waals surface area contributed by atoms with Crippen molar-refractivity contribution < 1.29 is 9.90 Å². The van der Waals surface area contributed by atoms with Gasteiger partial charge in [-0.25, -0.2) is 0 Å². The highest BCUT2D eigenvalue weighted by atomic mass is 16.4. The van der Waals surface area contributed by atoms with Gasteiger partial charge in [-0.15, -0.1) is 0 Å². The monoisotopic (exact) mass is 265 g/mol. The molecule has 3 nitrogen and oxygen atoms in total. The molecule has 4 atom stereocenters. The molecule has 0 aliphatic heterocycles. The molecule has 0 aromatic heterocycles. The van der Waals surface area contributed by atoms with Crippen LogP contribution in [0.3, 0.4) is 0 Å². The SMILES string of the molecule is CC1(C)[C@H]2C[C@H](C/C=C\CCCC(=O)O)[C@@H](N)[C@@H]1C2. The maximum Gasteiger partial charge on any atom is 0.303 e. The lowest BCUT2D eigenvalue weighted by molar-refractivity contribution is -0.137. The zero-order valence-electron chi connectivity index (χ0n) is 12.1. The van der Waals surface area contributed by atoms with Crippen molar-refractivity contribution >= 4 is 5.97 Å². The molecule has 3 N–H and O–H groups in total. The molecule has 3 aliphatic rings. The van der Waals surface area contributed by atoms with Gasteiger partial charge in [0.05, 0.1) is 0 Å². The first-order valence-electron chi connectivity index (χ1n) is 7.55. The van der Waals surface area contributed by atoms with Gasteiger partial charge in [-0.2, -0.15) is 0 Å². The second-order valence-electron chi connectivity index (χ2n) is 6.93. The minimum absolute atomic E-state index is 0.269. The molecule has 108 valence electrons. The summed E-state index contributed by atoms with van der Waals surface area (Å²) in [6.07, 6.45) is 9.87. The molecule has 2 bridgehead atoms. The number of carbonyl (C=O) groups is 1. The predicted molar refractivity (Wildman–Crippen MR) is 76.7 cm³/mol. The van der Waals surface area contributed by atoms with E-state index < -0.39 is 5.97 Å². The zero-order chi connectivity index (χ0) is 14.0. The molecule has 0 spiro atoms. The molecule has 0 unspecified atom stereocenters. The molecule has 0 saturated heterocycles. The van der Waals surface area contributed by atoms with E-state index in [9.17, 15) is 4.79 Å². The van der Waals surface area contributed by atoms with Crippen LogP contribution < -0.4 is 5.73 Å². The second kappa shape index (κ2) is 5.66. The topological polar surface area (TPSA) is 63.3 Å². The summed E-state index contributed by atoms with van der Waals surface area (Å²) < 4.78 is 0. The van der Waals surface area contributed by atoms with Crippen LogP contribution in [0.2, 0.25) is 0 Å². The maximum absolute atomic E-state index is 10.4. The standard InChI is InChI=1S/C16H27NO2/c1-16(2)12-9-11(15(17)13(16)10-12)7-5-3-4-6-8-14(18)19/h3,5,11-13,15H,4,6-10,17H2,1-2H3,(H,18,19)/b5-3-/t11-,12-,13-,15+/m0/s1. The largest absolute Gasteiger partial charge is 0.481 e. The zero-order valence-corrected chi connectivity index (χ0v) is 12.1. The predicted octanol–water partition coefficient (Wildman–Crippen LogP) is 3.20. The third-order valence-corrected chi connectivity index (χ3v) is 5.51. The van der Waals surface area contributed by atoms with Crippen LogP contribution in [0.25, 0.3) is 0 Å². The van der Waals surface area contributed by atoms with E-state index in [2.05, 4.69) is 26.0 Å². The first kappa shape index (κ1) is 14.6. The van der Waals surface area contributed by atoms with Crippen molar-refractivity contribution in [2.75, 3.05) is 0 Å². The number of carboxylic acids is 1. The lowest BCUT2D eigenvalue weighted by atomic mass is 9.45. The van der Waals surface area contributed by atoms with Crippen LogP contribution in [0.1, 0.15) is 52.4 Å². The normalized spacial score (nSPS) is 36.2. The number of rotatable bonds is 6. The average Bonchev–Trinajstić information content (AvgIpc) is 2.34. The molecule has 0 heterocycles. The highest BCUT2D eigenvalue weighted by Crippen LogP contribution is 2.60. The Morgan fingerprint density at radius 3 is 2.68 bits per heavy atom. The van der Waals surface area contributed by atoms with Gasteiger partial charge in [0.1, 0.15) is 0 Å². The summed E-state index contributed by atoms with van der Waals surface area (Å²) in [5.41, 5.74) is 6.86. The van der Waals surface area contributed by atoms with Gasteiger partial charge in [-0.1, -0.05) is 26.0 Å². The van der Waals surface area contributed by atoms with Crippen LogP contribution in [0.15, 0.2) is 12.2 Å². The van der Waals surface area contributed by atoms with E-state index >= 15 is 0 Å². The Hall–Kier alpha value is -0.830. The fraction of sp³-hybridized carbons (Fsp3) is 0.812. The minimum Gasteiger partial charge on any atom is -0.481 e.